The Morgan fingerprint density at radius 1 is 1.13 bits per heavy atom. The van der Waals surface area contributed by atoms with Crippen molar-refractivity contribution in [3.8, 4) is 5.75 Å². The maximum absolute atomic E-state index is 12.4. The number of ether oxygens (including phenoxy) is 2. The minimum absolute atomic E-state index is 0.0339. The molecule has 0 unspecified atom stereocenters. The van der Waals surface area contributed by atoms with Gasteiger partial charge in [0, 0.05) is 23.7 Å². The summed E-state index contributed by atoms with van der Waals surface area (Å²) in [4.78, 5) is 28.3. The minimum Gasteiger partial charge on any atom is -0.490 e. The van der Waals surface area contributed by atoms with E-state index in [1.807, 2.05) is 16.8 Å². The standard InChI is InChI=1S/C23H24N4O4/c28-21-8-5-15-12-19(6-7-20(15)26-21)30-9-10-31-23(29)17-11-16-14-25-27(22(16)24-13-17)18-3-1-2-4-18/h6-7,11-14,18H,1-5,8-10H2,(H,26,28). The van der Waals surface area contributed by atoms with Crippen molar-refractivity contribution in [3.63, 3.8) is 0 Å². The number of aryl methyl sites for hydroxylation is 1. The van der Waals surface area contributed by atoms with Gasteiger partial charge in [-0.1, -0.05) is 12.8 Å². The molecule has 0 spiro atoms. The fourth-order valence-electron chi connectivity index (χ4n) is 4.29. The monoisotopic (exact) mass is 420 g/mol. The molecular formula is C23H24N4O4. The maximum atomic E-state index is 12.4. The van der Waals surface area contributed by atoms with Gasteiger partial charge in [0.25, 0.3) is 0 Å². The van der Waals surface area contributed by atoms with E-state index in [4.69, 9.17) is 9.47 Å². The summed E-state index contributed by atoms with van der Waals surface area (Å²) in [5.41, 5.74) is 3.10. The van der Waals surface area contributed by atoms with Gasteiger partial charge in [-0.05, 0) is 49.1 Å². The van der Waals surface area contributed by atoms with Crippen LogP contribution in [-0.2, 0) is 16.0 Å². The van der Waals surface area contributed by atoms with Gasteiger partial charge in [0.05, 0.1) is 17.8 Å². The van der Waals surface area contributed by atoms with E-state index in [0.29, 0.717) is 30.2 Å². The smallest absolute Gasteiger partial charge is 0.339 e. The van der Waals surface area contributed by atoms with Crippen molar-refractivity contribution >= 4 is 28.6 Å². The second-order valence-corrected chi connectivity index (χ2v) is 8.02. The van der Waals surface area contributed by atoms with Crippen molar-refractivity contribution in [1.82, 2.24) is 14.8 Å². The number of fused-ring (bicyclic) bond motifs is 2. The van der Waals surface area contributed by atoms with Crippen molar-refractivity contribution in [2.45, 2.75) is 44.6 Å². The Balaban J connectivity index is 1.15. The maximum Gasteiger partial charge on any atom is 0.339 e. The molecule has 0 radical (unpaired) electrons. The predicted octanol–water partition coefficient (Wildman–Crippen LogP) is 3.67. The fraction of sp³-hybridized carbons (Fsp3) is 0.391. The molecule has 1 aliphatic heterocycles. The molecule has 8 heteroatoms. The molecule has 1 aromatic carbocycles. The van der Waals surface area contributed by atoms with Crippen molar-refractivity contribution < 1.29 is 19.1 Å². The summed E-state index contributed by atoms with van der Waals surface area (Å²) in [6.07, 6.45) is 9.19. The summed E-state index contributed by atoms with van der Waals surface area (Å²) < 4.78 is 13.0. The van der Waals surface area contributed by atoms with Crippen LogP contribution in [0.4, 0.5) is 5.69 Å². The topological polar surface area (TPSA) is 95.3 Å². The zero-order valence-corrected chi connectivity index (χ0v) is 17.2. The first-order valence-corrected chi connectivity index (χ1v) is 10.7. The molecular weight excluding hydrogens is 396 g/mol. The van der Waals surface area contributed by atoms with Crippen LogP contribution >= 0.6 is 0 Å². The third-order valence-electron chi connectivity index (χ3n) is 5.90. The highest BCUT2D eigenvalue weighted by molar-refractivity contribution is 5.94. The lowest BCUT2D eigenvalue weighted by molar-refractivity contribution is -0.116. The number of aromatic nitrogens is 3. The molecule has 2 aliphatic rings. The van der Waals surface area contributed by atoms with Crippen molar-refractivity contribution in [2.75, 3.05) is 18.5 Å². The molecule has 1 aliphatic carbocycles. The van der Waals surface area contributed by atoms with E-state index < -0.39 is 5.97 Å². The molecule has 1 N–H and O–H groups in total. The Morgan fingerprint density at radius 2 is 2.00 bits per heavy atom. The van der Waals surface area contributed by atoms with Crippen LogP contribution in [0.3, 0.4) is 0 Å². The molecule has 31 heavy (non-hydrogen) atoms. The Hall–Kier alpha value is -3.42. The van der Waals surface area contributed by atoms with E-state index in [9.17, 15) is 9.59 Å². The first-order valence-electron chi connectivity index (χ1n) is 10.7. The van der Waals surface area contributed by atoms with Crippen LogP contribution in [-0.4, -0.2) is 39.9 Å². The number of hydrogen-bond acceptors (Lipinski definition) is 6. The number of hydrogen-bond donors (Lipinski definition) is 1. The molecule has 3 heterocycles. The quantitative estimate of drug-likeness (QED) is 0.483. The van der Waals surface area contributed by atoms with Gasteiger partial charge >= 0.3 is 5.97 Å². The van der Waals surface area contributed by atoms with Crippen LogP contribution in [0.15, 0.2) is 36.7 Å². The van der Waals surface area contributed by atoms with Crippen molar-refractivity contribution in [2.24, 2.45) is 0 Å². The van der Waals surface area contributed by atoms with E-state index in [1.54, 1.807) is 24.5 Å². The molecule has 1 amide bonds. The molecule has 8 nitrogen and oxygen atoms in total. The Bertz CT molecular complexity index is 1130. The van der Waals surface area contributed by atoms with Crippen LogP contribution in [0.2, 0.25) is 0 Å². The van der Waals surface area contributed by atoms with Crippen LogP contribution in [0.1, 0.15) is 54.1 Å². The van der Waals surface area contributed by atoms with E-state index in [0.717, 1.165) is 35.1 Å². The second kappa shape index (κ2) is 8.37. The average molecular weight is 420 g/mol. The summed E-state index contributed by atoms with van der Waals surface area (Å²) in [5.74, 6) is 0.291. The molecule has 160 valence electrons. The Labute approximate surface area is 179 Å². The summed E-state index contributed by atoms with van der Waals surface area (Å²) >= 11 is 0. The predicted molar refractivity (Wildman–Crippen MR) is 114 cm³/mol. The van der Waals surface area contributed by atoms with Gasteiger partial charge in [-0.2, -0.15) is 5.10 Å². The molecule has 0 atom stereocenters. The zero-order chi connectivity index (χ0) is 21.2. The number of amides is 1. The normalized spacial score (nSPS) is 16.2. The van der Waals surface area contributed by atoms with Crippen LogP contribution in [0.25, 0.3) is 11.0 Å². The van der Waals surface area contributed by atoms with E-state index in [2.05, 4.69) is 15.4 Å². The summed E-state index contributed by atoms with van der Waals surface area (Å²) in [7, 11) is 0. The number of rotatable bonds is 6. The highest BCUT2D eigenvalue weighted by Crippen LogP contribution is 2.31. The first kappa shape index (κ1) is 19.5. The number of carbonyl (C=O) groups excluding carboxylic acids is 2. The van der Waals surface area contributed by atoms with Crippen LogP contribution in [0.5, 0.6) is 5.75 Å². The number of carbonyl (C=O) groups is 2. The molecule has 5 rings (SSSR count). The van der Waals surface area contributed by atoms with Gasteiger partial charge in [-0.15, -0.1) is 0 Å². The number of pyridine rings is 1. The second-order valence-electron chi connectivity index (χ2n) is 8.02. The molecule has 3 aromatic rings. The number of nitrogens with one attached hydrogen (secondary N) is 1. The molecule has 0 saturated heterocycles. The third-order valence-corrected chi connectivity index (χ3v) is 5.90. The molecule has 2 aromatic heterocycles. The SMILES string of the molecule is O=C1CCc2cc(OCCOC(=O)c3cnc4c(cnn4C4CCCC4)c3)ccc2N1. The van der Waals surface area contributed by atoms with Crippen LogP contribution < -0.4 is 10.1 Å². The third kappa shape index (κ3) is 4.10. The molecule has 1 fully saturated rings. The average Bonchev–Trinajstić information content (AvgIpc) is 3.45. The number of benzene rings is 1. The fourth-order valence-corrected chi connectivity index (χ4v) is 4.29. The first-order chi connectivity index (χ1) is 15.2. The number of anilines is 1. The lowest BCUT2D eigenvalue weighted by atomic mass is 10.0. The van der Waals surface area contributed by atoms with Crippen molar-refractivity contribution in [3.05, 3.63) is 47.8 Å². The summed E-state index contributed by atoms with van der Waals surface area (Å²) in [6.45, 7) is 0.373. The van der Waals surface area contributed by atoms with E-state index in [-0.39, 0.29) is 19.1 Å². The van der Waals surface area contributed by atoms with Crippen molar-refractivity contribution in [1.29, 1.82) is 0 Å². The molecule has 1 saturated carbocycles. The van der Waals surface area contributed by atoms with Gasteiger partial charge in [-0.25, -0.2) is 14.5 Å². The highest BCUT2D eigenvalue weighted by atomic mass is 16.6. The van der Waals surface area contributed by atoms with E-state index >= 15 is 0 Å². The summed E-state index contributed by atoms with van der Waals surface area (Å²) in [6, 6.07) is 7.73. The highest BCUT2D eigenvalue weighted by Gasteiger charge is 2.21. The lowest BCUT2D eigenvalue weighted by Gasteiger charge is -2.17. The number of nitrogens with zero attached hydrogens (tertiary/aromatic N) is 3. The summed E-state index contributed by atoms with van der Waals surface area (Å²) in [5, 5.41) is 8.17. The van der Waals surface area contributed by atoms with Gasteiger partial charge in [0.1, 0.15) is 19.0 Å². The van der Waals surface area contributed by atoms with Gasteiger partial charge < -0.3 is 14.8 Å². The number of esters is 1. The Kier molecular flexibility index (Phi) is 5.28. The van der Waals surface area contributed by atoms with Gasteiger partial charge in [0.15, 0.2) is 5.65 Å². The largest absolute Gasteiger partial charge is 0.490 e. The molecule has 0 bridgehead atoms. The minimum atomic E-state index is -0.431. The van der Waals surface area contributed by atoms with Crippen LogP contribution in [0, 0.1) is 0 Å². The lowest BCUT2D eigenvalue weighted by Crippen LogP contribution is -2.19. The Morgan fingerprint density at radius 3 is 2.87 bits per heavy atom. The zero-order valence-electron chi connectivity index (χ0n) is 17.2. The van der Waals surface area contributed by atoms with E-state index in [1.165, 1.54) is 12.8 Å². The van der Waals surface area contributed by atoms with Gasteiger partial charge in [0.2, 0.25) is 5.91 Å². The van der Waals surface area contributed by atoms with Gasteiger partial charge in [-0.3, -0.25) is 4.79 Å².